The summed E-state index contributed by atoms with van der Waals surface area (Å²) in [7, 11) is 0. The van der Waals surface area contributed by atoms with E-state index in [2.05, 4.69) is 17.9 Å². The highest BCUT2D eigenvalue weighted by Crippen LogP contribution is 2.00. The lowest BCUT2D eigenvalue weighted by Gasteiger charge is -2.21. The first-order valence-electron chi connectivity index (χ1n) is 6.09. The van der Waals surface area contributed by atoms with Crippen LogP contribution < -0.4 is 11.1 Å². The van der Waals surface area contributed by atoms with Gasteiger partial charge in [0.1, 0.15) is 18.6 Å². The van der Waals surface area contributed by atoms with E-state index in [0.717, 1.165) is 0 Å². The van der Waals surface area contributed by atoms with E-state index in [0.29, 0.717) is 4.90 Å². The molecule has 0 bridgehead atoms. The van der Waals surface area contributed by atoms with Crippen molar-refractivity contribution >= 4 is 42.8 Å². The van der Waals surface area contributed by atoms with Crippen LogP contribution >= 0.6 is 12.6 Å². The van der Waals surface area contributed by atoms with Crippen LogP contribution in [0.4, 0.5) is 0 Å². The molecule has 2 atom stereocenters. The summed E-state index contributed by atoms with van der Waals surface area (Å²) in [4.78, 5) is 55.6. The number of imide groups is 1. The second-order valence-corrected chi connectivity index (χ2v) is 4.62. The van der Waals surface area contributed by atoms with Gasteiger partial charge in [-0.25, -0.2) is 0 Å². The largest absolute Gasteiger partial charge is 0.480 e. The Morgan fingerprint density at radius 2 is 1.86 bits per heavy atom. The van der Waals surface area contributed by atoms with E-state index in [-0.39, 0.29) is 25.0 Å². The molecule has 0 saturated carbocycles. The quantitative estimate of drug-likeness (QED) is 0.219. The molecule has 0 aliphatic heterocycles. The van der Waals surface area contributed by atoms with Crippen molar-refractivity contribution in [2.75, 3.05) is 12.3 Å². The van der Waals surface area contributed by atoms with Crippen LogP contribution in [0, 0.1) is 0 Å². The monoisotopic (exact) mass is 335 g/mol. The van der Waals surface area contributed by atoms with Gasteiger partial charge in [-0.3, -0.25) is 28.9 Å². The number of hydrogen-bond acceptors (Lipinski definition) is 7. The Morgan fingerprint density at radius 3 is 2.27 bits per heavy atom. The molecule has 0 aromatic heterocycles. The number of nitrogens with zero attached hydrogens (tertiary/aromatic N) is 1. The van der Waals surface area contributed by atoms with Gasteiger partial charge in [0.15, 0.2) is 0 Å². The van der Waals surface area contributed by atoms with Gasteiger partial charge in [-0.2, -0.15) is 12.6 Å². The molecule has 11 heteroatoms. The molecule has 22 heavy (non-hydrogen) atoms. The third-order valence-corrected chi connectivity index (χ3v) is 2.90. The number of carbonyl (C=O) groups excluding carboxylic acids is 3. The molecule has 124 valence electrons. The first-order valence-corrected chi connectivity index (χ1v) is 6.72. The standard InChI is InChI=1S/C11H17N3O7S/c12-6(11(20)21)1-2-8(16)13-7(4-22)10(19)14(5-15)3-9(17)18/h5-7,22H,1-4,12H2,(H,13,16)(H,17,18)(H,20,21)/t6?,7-/m1/s1. The molecule has 0 aromatic carbocycles. The maximum Gasteiger partial charge on any atom is 0.323 e. The van der Waals surface area contributed by atoms with Crippen LogP contribution in [0.3, 0.4) is 0 Å². The van der Waals surface area contributed by atoms with Crippen LogP contribution in [-0.4, -0.2) is 69.7 Å². The predicted octanol–water partition coefficient (Wildman–Crippen LogP) is -2.34. The first kappa shape index (κ1) is 19.9. The summed E-state index contributed by atoms with van der Waals surface area (Å²) < 4.78 is 0. The van der Waals surface area contributed by atoms with Crippen LogP contribution in [-0.2, 0) is 24.0 Å². The lowest BCUT2D eigenvalue weighted by molar-refractivity contribution is -0.149. The van der Waals surface area contributed by atoms with E-state index < -0.39 is 42.4 Å². The smallest absolute Gasteiger partial charge is 0.323 e. The van der Waals surface area contributed by atoms with Crippen molar-refractivity contribution in [3.05, 3.63) is 0 Å². The van der Waals surface area contributed by atoms with Gasteiger partial charge in [0.25, 0.3) is 5.91 Å². The van der Waals surface area contributed by atoms with E-state index in [4.69, 9.17) is 15.9 Å². The zero-order chi connectivity index (χ0) is 17.3. The highest BCUT2D eigenvalue weighted by molar-refractivity contribution is 7.80. The molecule has 5 N–H and O–H groups in total. The summed E-state index contributed by atoms with van der Waals surface area (Å²) in [6, 6.07) is -2.42. The second kappa shape index (κ2) is 9.73. The van der Waals surface area contributed by atoms with Gasteiger partial charge in [0, 0.05) is 12.2 Å². The molecule has 0 fully saturated rings. The minimum atomic E-state index is -1.39. The fourth-order valence-corrected chi connectivity index (χ4v) is 1.62. The molecule has 1 unspecified atom stereocenters. The minimum absolute atomic E-state index is 0.0411. The van der Waals surface area contributed by atoms with Gasteiger partial charge in [-0.05, 0) is 6.42 Å². The number of hydrogen-bond donors (Lipinski definition) is 5. The molecule has 0 heterocycles. The second-order valence-electron chi connectivity index (χ2n) is 4.25. The molecule has 0 saturated heterocycles. The van der Waals surface area contributed by atoms with Crippen LogP contribution in [0.1, 0.15) is 12.8 Å². The molecular weight excluding hydrogens is 318 g/mol. The zero-order valence-electron chi connectivity index (χ0n) is 11.5. The Bertz CT molecular complexity index is 457. The Morgan fingerprint density at radius 1 is 1.27 bits per heavy atom. The number of carbonyl (C=O) groups is 5. The maximum atomic E-state index is 11.9. The lowest BCUT2D eigenvalue weighted by Crippen LogP contribution is -2.50. The van der Waals surface area contributed by atoms with Crippen LogP contribution in [0.15, 0.2) is 0 Å². The normalized spacial score (nSPS) is 12.8. The van der Waals surface area contributed by atoms with Crippen molar-refractivity contribution in [2.24, 2.45) is 5.73 Å². The van der Waals surface area contributed by atoms with Crippen LogP contribution in [0.25, 0.3) is 0 Å². The van der Waals surface area contributed by atoms with Crippen LogP contribution in [0.2, 0.25) is 0 Å². The van der Waals surface area contributed by atoms with E-state index in [1.54, 1.807) is 0 Å². The number of thiol groups is 1. The summed E-state index contributed by atoms with van der Waals surface area (Å²) in [5, 5.41) is 19.4. The van der Waals surface area contributed by atoms with E-state index in [9.17, 15) is 24.0 Å². The van der Waals surface area contributed by atoms with E-state index >= 15 is 0 Å². The summed E-state index contributed by atoms with van der Waals surface area (Å²) in [6.07, 6.45) is -0.342. The van der Waals surface area contributed by atoms with Gasteiger partial charge in [0.2, 0.25) is 12.3 Å². The lowest BCUT2D eigenvalue weighted by atomic mass is 10.1. The number of aliphatic carboxylic acids is 2. The number of nitrogens with two attached hydrogens (primary N) is 1. The fraction of sp³-hybridized carbons (Fsp3) is 0.545. The fourth-order valence-electron chi connectivity index (χ4n) is 1.38. The molecule has 0 spiro atoms. The Balaban J connectivity index is 4.59. The SMILES string of the molecule is NC(CCC(=O)N[C@H](CS)C(=O)N(C=O)CC(=O)O)C(=O)O. The van der Waals surface area contributed by atoms with E-state index in [1.165, 1.54) is 0 Å². The van der Waals surface area contributed by atoms with Crippen molar-refractivity contribution in [2.45, 2.75) is 24.9 Å². The number of amides is 3. The molecule has 0 aliphatic carbocycles. The van der Waals surface area contributed by atoms with Crippen molar-refractivity contribution in [1.29, 1.82) is 0 Å². The Kier molecular flexibility index (Phi) is 8.79. The maximum absolute atomic E-state index is 11.9. The molecule has 0 rings (SSSR count). The number of nitrogens with one attached hydrogen (secondary N) is 1. The third-order valence-electron chi connectivity index (χ3n) is 2.53. The molecule has 3 amide bonds. The summed E-state index contributed by atoms with van der Waals surface area (Å²) >= 11 is 3.85. The van der Waals surface area contributed by atoms with Crippen molar-refractivity contribution in [1.82, 2.24) is 10.2 Å². The van der Waals surface area contributed by atoms with Gasteiger partial charge in [0.05, 0.1) is 0 Å². The van der Waals surface area contributed by atoms with E-state index in [1.807, 2.05) is 0 Å². The molecule has 0 radical (unpaired) electrons. The predicted molar refractivity (Wildman–Crippen MR) is 76.0 cm³/mol. The minimum Gasteiger partial charge on any atom is -0.480 e. The van der Waals surface area contributed by atoms with Crippen molar-refractivity contribution < 1.29 is 34.2 Å². The van der Waals surface area contributed by atoms with Gasteiger partial charge in [-0.1, -0.05) is 0 Å². The summed E-state index contributed by atoms with van der Waals surface area (Å²) in [6.45, 7) is -0.841. The number of carboxylic acid groups (broad SMARTS) is 2. The Hall–Kier alpha value is -2.14. The summed E-state index contributed by atoms with van der Waals surface area (Å²) in [5.41, 5.74) is 5.23. The van der Waals surface area contributed by atoms with Gasteiger partial charge < -0.3 is 21.3 Å². The highest BCUT2D eigenvalue weighted by atomic mass is 32.1. The van der Waals surface area contributed by atoms with Crippen molar-refractivity contribution in [3.63, 3.8) is 0 Å². The number of carboxylic acids is 2. The molecular formula is C11H17N3O7S. The molecule has 0 aliphatic rings. The first-order chi connectivity index (χ1) is 10.2. The van der Waals surface area contributed by atoms with Gasteiger partial charge >= 0.3 is 11.9 Å². The van der Waals surface area contributed by atoms with Crippen LogP contribution in [0.5, 0.6) is 0 Å². The molecule has 0 aromatic rings. The zero-order valence-corrected chi connectivity index (χ0v) is 12.4. The number of rotatable bonds is 10. The Labute approximate surface area is 131 Å². The average molecular weight is 335 g/mol. The topological polar surface area (TPSA) is 167 Å². The summed E-state index contributed by atoms with van der Waals surface area (Å²) in [5.74, 6) is -4.41. The van der Waals surface area contributed by atoms with Gasteiger partial charge in [-0.15, -0.1) is 0 Å². The average Bonchev–Trinajstić information content (AvgIpc) is 2.46. The third kappa shape index (κ3) is 7.04. The highest BCUT2D eigenvalue weighted by Gasteiger charge is 2.26. The van der Waals surface area contributed by atoms with Crippen molar-refractivity contribution in [3.8, 4) is 0 Å². The molecule has 10 nitrogen and oxygen atoms in total.